The summed E-state index contributed by atoms with van der Waals surface area (Å²) in [4.78, 5) is 27.7. The summed E-state index contributed by atoms with van der Waals surface area (Å²) in [5.74, 6) is 1.89. The zero-order valence-corrected chi connectivity index (χ0v) is 17.2. The summed E-state index contributed by atoms with van der Waals surface area (Å²) in [5.41, 5.74) is 0.314. The molecule has 2 fully saturated rings. The SMILES string of the molecule is CCCC(=O)N1[C@@H](C(=O)NCc2ccc3c(c2)OCO3)COC12CCC(C)CC2. The van der Waals surface area contributed by atoms with E-state index in [4.69, 9.17) is 14.2 Å². The van der Waals surface area contributed by atoms with E-state index >= 15 is 0 Å². The average molecular weight is 402 g/mol. The van der Waals surface area contributed by atoms with Gasteiger partial charge in [-0.2, -0.15) is 0 Å². The van der Waals surface area contributed by atoms with Gasteiger partial charge < -0.3 is 19.5 Å². The molecular formula is C22H30N2O5. The van der Waals surface area contributed by atoms with Crippen LogP contribution in [-0.2, 0) is 20.9 Å². The van der Waals surface area contributed by atoms with Gasteiger partial charge in [0.1, 0.15) is 11.8 Å². The number of nitrogens with one attached hydrogen (secondary N) is 1. The highest BCUT2D eigenvalue weighted by molar-refractivity contribution is 5.88. The minimum Gasteiger partial charge on any atom is -0.454 e. The predicted octanol–water partition coefficient (Wildman–Crippen LogP) is 2.97. The second kappa shape index (κ2) is 8.22. The molecule has 2 amide bonds. The lowest BCUT2D eigenvalue weighted by Gasteiger charge is -2.43. The Bertz CT molecular complexity index is 772. The summed E-state index contributed by atoms with van der Waals surface area (Å²) >= 11 is 0. The highest BCUT2D eigenvalue weighted by Gasteiger charge is 2.53. The van der Waals surface area contributed by atoms with Crippen molar-refractivity contribution in [3.63, 3.8) is 0 Å². The second-order valence-electron chi connectivity index (χ2n) is 8.37. The van der Waals surface area contributed by atoms with E-state index < -0.39 is 11.8 Å². The van der Waals surface area contributed by atoms with E-state index in [1.807, 2.05) is 25.1 Å². The van der Waals surface area contributed by atoms with Gasteiger partial charge in [-0.3, -0.25) is 14.5 Å². The van der Waals surface area contributed by atoms with Crippen LogP contribution in [0.15, 0.2) is 18.2 Å². The Morgan fingerprint density at radius 2 is 1.97 bits per heavy atom. The van der Waals surface area contributed by atoms with E-state index in [1.165, 1.54) is 0 Å². The Labute approximate surface area is 171 Å². The number of amides is 2. The molecule has 1 spiro atoms. The zero-order valence-electron chi connectivity index (χ0n) is 17.2. The van der Waals surface area contributed by atoms with Crippen LogP contribution in [-0.4, -0.2) is 41.9 Å². The van der Waals surface area contributed by atoms with E-state index in [0.29, 0.717) is 30.4 Å². The van der Waals surface area contributed by atoms with Crippen molar-refractivity contribution in [2.45, 2.75) is 70.7 Å². The third kappa shape index (κ3) is 3.92. The minimum atomic E-state index is -0.612. The van der Waals surface area contributed by atoms with Gasteiger partial charge in [0.15, 0.2) is 11.5 Å². The molecular weight excluding hydrogens is 372 g/mol. The van der Waals surface area contributed by atoms with Crippen LogP contribution in [0.2, 0.25) is 0 Å². The van der Waals surface area contributed by atoms with Crippen molar-refractivity contribution >= 4 is 11.8 Å². The summed E-state index contributed by atoms with van der Waals surface area (Å²) in [6.45, 7) is 5.07. The smallest absolute Gasteiger partial charge is 0.245 e. The van der Waals surface area contributed by atoms with Crippen molar-refractivity contribution in [3.05, 3.63) is 23.8 Å². The number of carbonyl (C=O) groups excluding carboxylic acids is 2. The molecule has 2 aliphatic heterocycles. The molecule has 2 heterocycles. The monoisotopic (exact) mass is 402 g/mol. The molecule has 0 bridgehead atoms. The number of fused-ring (bicyclic) bond motifs is 1. The van der Waals surface area contributed by atoms with Gasteiger partial charge in [0.25, 0.3) is 0 Å². The van der Waals surface area contributed by atoms with E-state index in [-0.39, 0.29) is 25.2 Å². The molecule has 3 aliphatic rings. The molecule has 29 heavy (non-hydrogen) atoms. The molecule has 0 radical (unpaired) electrons. The maximum absolute atomic E-state index is 13.0. The first-order valence-corrected chi connectivity index (χ1v) is 10.6. The van der Waals surface area contributed by atoms with Crippen molar-refractivity contribution < 1.29 is 23.8 Å². The molecule has 7 heteroatoms. The normalized spacial score (nSPS) is 28.0. The maximum atomic E-state index is 13.0. The van der Waals surface area contributed by atoms with E-state index in [1.54, 1.807) is 4.90 Å². The van der Waals surface area contributed by atoms with Gasteiger partial charge >= 0.3 is 0 Å². The van der Waals surface area contributed by atoms with Gasteiger partial charge in [-0.25, -0.2) is 0 Å². The van der Waals surface area contributed by atoms with Gasteiger partial charge in [0.05, 0.1) is 6.61 Å². The number of hydrogen-bond acceptors (Lipinski definition) is 5. The summed E-state index contributed by atoms with van der Waals surface area (Å²) in [6, 6.07) is 5.05. The molecule has 4 rings (SSSR count). The van der Waals surface area contributed by atoms with Gasteiger partial charge in [-0.05, 0) is 55.7 Å². The van der Waals surface area contributed by atoms with E-state index in [2.05, 4.69) is 12.2 Å². The molecule has 0 unspecified atom stereocenters. The first-order chi connectivity index (χ1) is 14.0. The number of carbonyl (C=O) groups is 2. The highest BCUT2D eigenvalue weighted by atomic mass is 16.7. The molecule has 158 valence electrons. The number of benzene rings is 1. The molecule has 1 N–H and O–H groups in total. The Hall–Kier alpha value is -2.28. The predicted molar refractivity (Wildman–Crippen MR) is 106 cm³/mol. The molecule has 1 atom stereocenters. The van der Waals surface area contributed by atoms with Crippen molar-refractivity contribution in [2.24, 2.45) is 5.92 Å². The Morgan fingerprint density at radius 1 is 1.21 bits per heavy atom. The molecule has 7 nitrogen and oxygen atoms in total. The van der Waals surface area contributed by atoms with Crippen LogP contribution in [0.25, 0.3) is 0 Å². The minimum absolute atomic E-state index is 0.0165. The van der Waals surface area contributed by atoms with Crippen LogP contribution < -0.4 is 14.8 Å². The number of ether oxygens (including phenoxy) is 3. The van der Waals surface area contributed by atoms with Crippen LogP contribution in [0, 0.1) is 5.92 Å². The molecule has 1 aliphatic carbocycles. The lowest BCUT2D eigenvalue weighted by atomic mass is 9.83. The molecule has 0 aromatic heterocycles. The maximum Gasteiger partial charge on any atom is 0.245 e. The average Bonchev–Trinajstić information content (AvgIpc) is 3.33. The van der Waals surface area contributed by atoms with Crippen LogP contribution in [0.5, 0.6) is 11.5 Å². The first kappa shape index (κ1) is 20.0. The summed E-state index contributed by atoms with van der Waals surface area (Å²) < 4.78 is 16.9. The Kier molecular flexibility index (Phi) is 5.67. The quantitative estimate of drug-likeness (QED) is 0.819. The lowest BCUT2D eigenvalue weighted by molar-refractivity contribution is -0.161. The fourth-order valence-electron chi connectivity index (χ4n) is 4.55. The van der Waals surface area contributed by atoms with Crippen molar-refractivity contribution in [3.8, 4) is 11.5 Å². The Morgan fingerprint density at radius 3 is 2.72 bits per heavy atom. The lowest BCUT2D eigenvalue weighted by Crippen LogP contribution is -2.56. The largest absolute Gasteiger partial charge is 0.454 e. The highest BCUT2D eigenvalue weighted by Crippen LogP contribution is 2.42. The standard InChI is InChI=1S/C22H30N2O5/c1-3-4-20(25)24-17(13-29-22(24)9-7-15(2)8-10-22)21(26)23-12-16-5-6-18-19(11-16)28-14-27-18/h5-6,11,15,17H,3-4,7-10,12-14H2,1-2H3,(H,23,26)/t15?,17-,22?/m1/s1. The fourth-order valence-corrected chi connectivity index (χ4v) is 4.55. The van der Waals surface area contributed by atoms with Crippen molar-refractivity contribution in [1.29, 1.82) is 0 Å². The third-order valence-corrected chi connectivity index (χ3v) is 6.26. The Balaban J connectivity index is 1.45. The molecule has 1 aromatic rings. The fraction of sp³-hybridized carbons (Fsp3) is 0.636. The number of hydrogen-bond donors (Lipinski definition) is 1. The van der Waals surface area contributed by atoms with Gasteiger partial charge in [0, 0.05) is 13.0 Å². The molecule has 1 saturated heterocycles. The molecule has 1 saturated carbocycles. The third-order valence-electron chi connectivity index (χ3n) is 6.26. The summed E-state index contributed by atoms with van der Waals surface area (Å²) in [6.07, 6.45) is 4.83. The first-order valence-electron chi connectivity index (χ1n) is 10.6. The topological polar surface area (TPSA) is 77.1 Å². The van der Waals surface area contributed by atoms with Crippen molar-refractivity contribution in [2.75, 3.05) is 13.4 Å². The van der Waals surface area contributed by atoms with Gasteiger partial charge in [-0.1, -0.05) is 19.9 Å². The van der Waals surface area contributed by atoms with Crippen molar-refractivity contribution in [1.82, 2.24) is 10.2 Å². The molecule has 1 aromatic carbocycles. The van der Waals surface area contributed by atoms with E-state index in [9.17, 15) is 9.59 Å². The number of nitrogens with zero attached hydrogens (tertiary/aromatic N) is 1. The van der Waals surface area contributed by atoms with Crippen LogP contribution >= 0.6 is 0 Å². The summed E-state index contributed by atoms with van der Waals surface area (Å²) in [7, 11) is 0. The van der Waals surface area contributed by atoms with E-state index in [0.717, 1.165) is 37.7 Å². The zero-order chi connectivity index (χ0) is 20.4. The second-order valence-corrected chi connectivity index (χ2v) is 8.37. The van der Waals surface area contributed by atoms with Crippen LogP contribution in [0.3, 0.4) is 0 Å². The summed E-state index contributed by atoms with van der Waals surface area (Å²) in [5, 5.41) is 2.98. The number of rotatable bonds is 5. The van der Waals surface area contributed by atoms with Crippen LogP contribution in [0.4, 0.5) is 0 Å². The van der Waals surface area contributed by atoms with Gasteiger partial charge in [0.2, 0.25) is 18.6 Å². The van der Waals surface area contributed by atoms with Crippen LogP contribution in [0.1, 0.15) is 57.9 Å². The van der Waals surface area contributed by atoms with Gasteiger partial charge in [-0.15, -0.1) is 0 Å².